The quantitative estimate of drug-likeness (QED) is 0.244. The van der Waals surface area contributed by atoms with E-state index in [1.807, 2.05) is 0 Å². The molecule has 2 N–H and O–H groups in total. The normalized spacial score (nSPS) is 13.6. The summed E-state index contributed by atoms with van der Waals surface area (Å²) in [5.41, 5.74) is 0. The van der Waals surface area contributed by atoms with Crippen molar-refractivity contribution < 1.29 is 15.0 Å². The molecule has 0 aliphatic carbocycles. The van der Waals surface area contributed by atoms with Crippen molar-refractivity contribution in [2.24, 2.45) is 0 Å². The minimum absolute atomic E-state index is 0.0818. The number of aliphatic hydroxyl groups excluding tert-OH is 2. The van der Waals surface area contributed by atoms with E-state index in [1.54, 1.807) is 0 Å². The maximum absolute atomic E-state index is 11.5. The molecule has 0 amide bonds. The van der Waals surface area contributed by atoms with Crippen molar-refractivity contribution in [1.82, 2.24) is 0 Å². The summed E-state index contributed by atoms with van der Waals surface area (Å²) in [5.74, 6) is 0.277. The zero-order chi connectivity index (χ0) is 20.0. The van der Waals surface area contributed by atoms with Crippen LogP contribution in [0.4, 0.5) is 0 Å². The van der Waals surface area contributed by atoms with Crippen LogP contribution in [0, 0.1) is 0 Å². The van der Waals surface area contributed by atoms with Gasteiger partial charge in [0.25, 0.3) is 0 Å². The number of hydrogen-bond donors (Lipinski definition) is 2. The van der Waals surface area contributed by atoms with Crippen LogP contribution in [0.2, 0.25) is 0 Å². The molecule has 0 aromatic rings. The number of carbonyl (C=O) groups excluding carboxylic acids is 1. The van der Waals surface area contributed by atoms with E-state index in [0.717, 1.165) is 43.9 Å². The van der Waals surface area contributed by atoms with E-state index in [2.05, 4.69) is 55.5 Å². The van der Waals surface area contributed by atoms with Crippen molar-refractivity contribution in [2.45, 2.75) is 77.2 Å². The van der Waals surface area contributed by atoms with Crippen LogP contribution < -0.4 is 0 Å². The Hall–Kier alpha value is -1.10. The Kier molecular flexibility index (Phi) is 20.3. The summed E-state index contributed by atoms with van der Waals surface area (Å²) in [4.78, 5) is 11.5. The van der Waals surface area contributed by atoms with Crippen molar-refractivity contribution in [1.29, 1.82) is 0 Å². The van der Waals surface area contributed by atoms with Crippen LogP contribution in [0.1, 0.15) is 71.1 Å². The first-order valence-electron chi connectivity index (χ1n) is 10.2. The molecule has 4 heteroatoms. The molecule has 3 nitrogen and oxygen atoms in total. The lowest BCUT2D eigenvalue weighted by Crippen LogP contribution is -2.15. The van der Waals surface area contributed by atoms with Gasteiger partial charge in [-0.1, -0.05) is 80.1 Å². The monoisotopic (exact) mass is 394 g/mol. The van der Waals surface area contributed by atoms with Gasteiger partial charge in [-0.2, -0.15) is 0 Å². The highest BCUT2D eigenvalue weighted by Gasteiger charge is 2.07. The van der Waals surface area contributed by atoms with Crippen LogP contribution >= 0.6 is 11.8 Å². The number of hydrogen-bond acceptors (Lipinski definition) is 4. The lowest BCUT2D eigenvalue weighted by atomic mass is 10.2. The number of rotatable bonds is 17. The highest BCUT2D eigenvalue weighted by Crippen LogP contribution is 2.10. The van der Waals surface area contributed by atoms with E-state index in [1.165, 1.54) is 25.7 Å². The van der Waals surface area contributed by atoms with E-state index in [-0.39, 0.29) is 17.5 Å². The van der Waals surface area contributed by atoms with Gasteiger partial charge in [0, 0.05) is 12.2 Å². The van der Waals surface area contributed by atoms with Gasteiger partial charge in [-0.15, -0.1) is 0 Å². The van der Waals surface area contributed by atoms with Crippen molar-refractivity contribution >= 4 is 16.9 Å². The predicted molar refractivity (Wildman–Crippen MR) is 119 cm³/mol. The highest BCUT2D eigenvalue weighted by atomic mass is 32.2. The van der Waals surface area contributed by atoms with Crippen molar-refractivity contribution in [3.63, 3.8) is 0 Å². The molecule has 0 bridgehead atoms. The minimum atomic E-state index is -0.799. The molecule has 0 aliphatic heterocycles. The fraction of sp³-hybridized carbons (Fsp3) is 0.609. The van der Waals surface area contributed by atoms with Gasteiger partial charge in [-0.25, -0.2) is 0 Å². The van der Waals surface area contributed by atoms with Gasteiger partial charge >= 0.3 is 0 Å². The van der Waals surface area contributed by atoms with E-state index in [9.17, 15) is 9.90 Å². The third-order valence-corrected chi connectivity index (χ3v) is 4.93. The molecule has 0 aromatic heterocycles. The summed E-state index contributed by atoms with van der Waals surface area (Å²) >= 11 is 1.10. The molecule has 27 heavy (non-hydrogen) atoms. The summed E-state index contributed by atoms with van der Waals surface area (Å²) in [5, 5.41) is 17.9. The fourth-order valence-corrected chi connectivity index (χ4v) is 3.01. The summed E-state index contributed by atoms with van der Waals surface area (Å²) in [7, 11) is 0. The topological polar surface area (TPSA) is 57.5 Å². The second-order valence-corrected chi connectivity index (χ2v) is 7.58. The number of thioether (sulfide) groups is 1. The van der Waals surface area contributed by atoms with Gasteiger partial charge < -0.3 is 10.2 Å². The largest absolute Gasteiger partial charge is 0.394 e. The lowest BCUT2D eigenvalue weighted by Gasteiger charge is -2.04. The summed E-state index contributed by atoms with van der Waals surface area (Å²) in [6, 6.07) is 0. The maximum atomic E-state index is 11.5. The van der Waals surface area contributed by atoms with Gasteiger partial charge in [-0.3, -0.25) is 4.79 Å². The first-order chi connectivity index (χ1) is 13.2. The van der Waals surface area contributed by atoms with Gasteiger partial charge in [0.05, 0.1) is 12.7 Å². The van der Waals surface area contributed by atoms with Crippen LogP contribution in [0.5, 0.6) is 0 Å². The molecule has 0 aliphatic rings. The first-order valence-corrected chi connectivity index (χ1v) is 11.2. The van der Waals surface area contributed by atoms with E-state index < -0.39 is 6.10 Å². The number of unbranched alkanes of at least 4 members (excludes halogenated alkanes) is 4. The van der Waals surface area contributed by atoms with Crippen molar-refractivity contribution in [3.05, 3.63) is 48.6 Å². The SMILES string of the molecule is CCCCC/C=C/C/C=C/C/C=C/C/C=C/CCCC(=O)SCC(O)CO. The van der Waals surface area contributed by atoms with E-state index in [0.29, 0.717) is 6.42 Å². The zero-order valence-corrected chi connectivity index (χ0v) is 17.7. The third-order valence-electron chi connectivity index (χ3n) is 3.86. The Morgan fingerprint density at radius 2 is 1.37 bits per heavy atom. The summed E-state index contributed by atoms with van der Waals surface area (Å²) < 4.78 is 0. The van der Waals surface area contributed by atoms with Crippen LogP contribution in [-0.4, -0.2) is 33.8 Å². The maximum Gasteiger partial charge on any atom is 0.189 e. The predicted octanol–water partition coefficient (Wildman–Crippen LogP) is 5.75. The van der Waals surface area contributed by atoms with Gasteiger partial charge in [0.2, 0.25) is 0 Å². The average Bonchev–Trinajstić information content (AvgIpc) is 2.68. The molecule has 0 aromatic carbocycles. The molecule has 1 atom stereocenters. The molecule has 1 unspecified atom stereocenters. The molecule has 0 heterocycles. The van der Waals surface area contributed by atoms with Gasteiger partial charge in [0.15, 0.2) is 5.12 Å². The Morgan fingerprint density at radius 3 is 1.89 bits per heavy atom. The smallest absolute Gasteiger partial charge is 0.189 e. The molecule has 0 rings (SSSR count). The third kappa shape index (κ3) is 21.1. The van der Waals surface area contributed by atoms with Crippen LogP contribution in [0.3, 0.4) is 0 Å². The average molecular weight is 395 g/mol. The summed E-state index contributed by atoms with van der Waals surface area (Å²) in [6.45, 7) is 1.94. The molecule has 154 valence electrons. The van der Waals surface area contributed by atoms with Crippen molar-refractivity contribution in [2.75, 3.05) is 12.4 Å². The molecule has 0 spiro atoms. The zero-order valence-electron chi connectivity index (χ0n) is 16.9. The van der Waals surface area contributed by atoms with Crippen LogP contribution in [0.15, 0.2) is 48.6 Å². The molecule has 0 saturated carbocycles. The fourth-order valence-electron chi connectivity index (χ4n) is 2.24. The number of carbonyl (C=O) groups is 1. The Morgan fingerprint density at radius 1 is 0.852 bits per heavy atom. The lowest BCUT2D eigenvalue weighted by molar-refractivity contribution is -0.111. The highest BCUT2D eigenvalue weighted by molar-refractivity contribution is 8.13. The van der Waals surface area contributed by atoms with Crippen LogP contribution in [0.25, 0.3) is 0 Å². The molecule has 0 radical (unpaired) electrons. The second kappa shape index (κ2) is 21.2. The minimum Gasteiger partial charge on any atom is -0.394 e. The van der Waals surface area contributed by atoms with Crippen LogP contribution in [-0.2, 0) is 4.79 Å². The Bertz CT molecular complexity index is 453. The Labute approximate surface area is 170 Å². The van der Waals surface area contributed by atoms with Gasteiger partial charge in [0.1, 0.15) is 0 Å². The summed E-state index contributed by atoms with van der Waals surface area (Å²) in [6.07, 6.45) is 27.0. The number of allylic oxidation sites excluding steroid dienone is 8. The number of aliphatic hydroxyl groups is 2. The molecular formula is C23H38O3S. The van der Waals surface area contributed by atoms with Gasteiger partial charge in [-0.05, 0) is 44.9 Å². The Balaban J connectivity index is 3.49. The standard InChI is InChI=1S/C23H38O3S/c1-2-3-4-5-6-7-8-9-10-11-12-13-14-15-16-17-18-19-23(26)27-21-22(25)20-24/h6-7,9-10,12-13,15-16,22,24-25H,2-5,8,11,14,17-21H2,1H3/b7-6+,10-9+,13-12+,16-15+. The molecule has 0 fully saturated rings. The van der Waals surface area contributed by atoms with E-state index >= 15 is 0 Å². The second-order valence-electron chi connectivity index (χ2n) is 6.50. The molecule has 0 saturated heterocycles. The molecular weight excluding hydrogens is 356 g/mol. The first kappa shape index (κ1) is 25.9. The van der Waals surface area contributed by atoms with Crippen molar-refractivity contribution in [3.8, 4) is 0 Å². The van der Waals surface area contributed by atoms with E-state index in [4.69, 9.17) is 5.11 Å².